The van der Waals surface area contributed by atoms with Gasteiger partial charge in [-0.05, 0) is 63.5 Å². The summed E-state index contributed by atoms with van der Waals surface area (Å²) >= 11 is 6.51. The monoisotopic (exact) mass is 559 g/mol. The topological polar surface area (TPSA) is 100 Å². The molecule has 9 heteroatoms. The fourth-order valence-corrected chi connectivity index (χ4v) is 4.06. The highest BCUT2D eigenvalue weighted by Crippen LogP contribution is 2.36. The number of fused-ring (bicyclic) bond motifs is 1. The highest BCUT2D eigenvalue weighted by Gasteiger charge is 2.16. The number of nitrogens with zero attached hydrogens (tertiary/aromatic N) is 4. The van der Waals surface area contributed by atoms with E-state index in [4.69, 9.17) is 26.6 Å². The van der Waals surface area contributed by atoms with Gasteiger partial charge in [0, 0.05) is 50.8 Å². The lowest BCUT2D eigenvalue weighted by Gasteiger charge is -2.16. The second-order valence-corrected chi connectivity index (χ2v) is 9.23. The lowest BCUT2D eigenvalue weighted by Crippen LogP contribution is -2.11. The van der Waals surface area contributed by atoms with Gasteiger partial charge in [0.1, 0.15) is 24.2 Å². The largest absolute Gasteiger partial charge is 0.494 e. The van der Waals surface area contributed by atoms with Crippen LogP contribution in [0.15, 0.2) is 73.1 Å². The summed E-state index contributed by atoms with van der Waals surface area (Å²) in [5.41, 5.74) is 2.64. The number of allylic oxidation sites excluding steroid dienone is 1. The predicted molar refractivity (Wildman–Crippen MR) is 157 cm³/mol. The molecule has 0 aliphatic heterocycles. The number of carbonyl (C=O) groups excluding carboxylic acids is 1. The van der Waals surface area contributed by atoms with E-state index in [1.807, 2.05) is 18.2 Å². The van der Waals surface area contributed by atoms with Crippen molar-refractivity contribution in [3.8, 4) is 17.6 Å². The Morgan fingerprint density at radius 3 is 2.73 bits per heavy atom. The minimum Gasteiger partial charge on any atom is -0.494 e. The minimum atomic E-state index is -2.06. The summed E-state index contributed by atoms with van der Waals surface area (Å²) in [5, 5.41) is 13.9. The number of rotatable bonds is 12. The van der Waals surface area contributed by atoms with Gasteiger partial charge in [0.25, 0.3) is 0 Å². The third kappa shape index (κ3) is 7.35. The van der Waals surface area contributed by atoms with E-state index in [2.05, 4.69) is 21.4 Å². The van der Waals surface area contributed by atoms with E-state index in [0.29, 0.717) is 38.6 Å². The first-order chi connectivity index (χ1) is 20.8. The van der Waals surface area contributed by atoms with E-state index in [9.17, 15) is 10.1 Å². The van der Waals surface area contributed by atoms with Gasteiger partial charge in [-0.2, -0.15) is 5.26 Å². The molecule has 0 saturated heterocycles. The normalized spacial score (nSPS) is 13.3. The molecule has 40 heavy (non-hydrogen) atoms. The number of likely N-dealkylation sites (N-methyl/N-ethyl adjacent to an activating group) is 1. The number of ketones is 1. The van der Waals surface area contributed by atoms with Gasteiger partial charge in [-0.1, -0.05) is 23.7 Å². The molecule has 0 fully saturated rings. The van der Waals surface area contributed by atoms with Crippen molar-refractivity contribution in [2.45, 2.75) is 20.0 Å². The molecule has 2 aromatic carbocycles. The van der Waals surface area contributed by atoms with Crippen LogP contribution >= 0.6 is 11.6 Å². The van der Waals surface area contributed by atoms with Crippen LogP contribution in [0.2, 0.25) is 5.02 Å². The van der Waals surface area contributed by atoms with E-state index in [0.717, 1.165) is 17.8 Å². The van der Waals surface area contributed by atoms with Crippen molar-refractivity contribution in [1.82, 2.24) is 14.9 Å². The smallest absolute Gasteiger partial charge is 0.159 e. The Bertz CT molecular complexity index is 1740. The van der Waals surface area contributed by atoms with Crippen molar-refractivity contribution in [1.29, 1.82) is 5.26 Å². The van der Waals surface area contributed by atoms with E-state index in [1.165, 1.54) is 24.1 Å². The van der Waals surface area contributed by atoms with Crippen LogP contribution in [0.4, 0.5) is 11.4 Å². The van der Waals surface area contributed by atoms with Crippen LogP contribution in [0, 0.1) is 11.3 Å². The fourth-order valence-electron chi connectivity index (χ4n) is 3.83. The lowest BCUT2D eigenvalue weighted by molar-refractivity contribution is -0.114. The van der Waals surface area contributed by atoms with Gasteiger partial charge in [-0.25, -0.2) is 0 Å². The molecule has 0 spiro atoms. The van der Waals surface area contributed by atoms with Gasteiger partial charge in [0.15, 0.2) is 5.78 Å². The Morgan fingerprint density at radius 2 is 2.02 bits per heavy atom. The summed E-state index contributed by atoms with van der Waals surface area (Å²) in [5.74, 6) is 0.123. The van der Waals surface area contributed by atoms with E-state index < -0.39 is 18.8 Å². The van der Waals surface area contributed by atoms with Crippen LogP contribution in [0.3, 0.4) is 0 Å². The standard InChI is InChI=1S/C31H30ClN5O3/c1-4-39-30-17-28-26(15-21(30)14-25(38)9-7-13-37(2)3)31(22(18-33)19-35-28)36-23-10-11-29(27(32)16-23)40-20-24-8-5-6-12-34-24/h5-12,15-17,19H,4,13-14,20H2,1-3H3,(H,35,36)/b9-7+/i4D2,13D2. The number of hydrogen-bond acceptors (Lipinski definition) is 8. The lowest BCUT2D eigenvalue weighted by atomic mass is 10.0. The summed E-state index contributed by atoms with van der Waals surface area (Å²) in [7, 11) is 3.11. The number of carbonyl (C=O) groups is 1. The number of halogens is 1. The molecule has 4 rings (SSSR count). The zero-order valence-corrected chi connectivity index (χ0v) is 23.0. The van der Waals surface area contributed by atoms with Crippen molar-refractivity contribution in [2.24, 2.45) is 0 Å². The molecule has 0 radical (unpaired) electrons. The van der Waals surface area contributed by atoms with E-state index in [-0.39, 0.29) is 24.3 Å². The number of benzene rings is 2. The Morgan fingerprint density at radius 1 is 1.18 bits per heavy atom. The molecule has 204 valence electrons. The molecule has 2 heterocycles. The first kappa shape index (κ1) is 23.4. The van der Waals surface area contributed by atoms with E-state index >= 15 is 0 Å². The van der Waals surface area contributed by atoms with Crippen LogP contribution < -0.4 is 14.8 Å². The number of pyridine rings is 2. The van der Waals surface area contributed by atoms with Crippen molar-refractivity contribution in [3.05, 3.63) is 94.9 Å². The highest BCUT2D eigenvalue weighted by atomic mass is 35.5. The maximum absolute atomic E-state index is 12.9. The molecule has 0 saturated carbocycles. The van der Waals surface area contributed by atoms with Gasteiger partial charge in [-0.3, -0.25) is 14.8 Å². The zero-order chi connectivity index (χ0) is 32.1. The van der Waals surface area contributed by atoms with Gasteiger partial charge >= 0.3 is 0 Å². The van der Waals surface area contributed by atoms with Gasteiger partial charge in [0.2, 0.25) is 0 Å². The zero-order valence-electron chi connectivity index (χ0n) is 26.2. The second kappa shape index (κ2) is 13.6. The number of nitrogens with one attached hydrogen (secondary N) is 1. The molecule has 0 amide bonds. The van der Waals surface area contributed by atoms with Crippen LogP contribution in [-0.2, 0) is 17.8 Å². The maximum atomic E-state index is 12.9. The molecular formula is C31H30ClN5O3. The summed E-state index contributed by atoms with van der Waals surface area (Å²) < 4.78 is 43.2. The second-order valence-electron chi connectivity index (χ2n) is 8.82. The van der Waals surface area contributed by atoms with Crippen molar-refractivity contribution < 1.29 is 19.8 Å². The highest BCUT2D eigenvalue weighted by molar-refractivity contribution is 6.32. The number of aromatic nitrogens is 2. The third-order valence-corrected chi connectivity index (χ3v) is 5.95. The Kier molecular flexibility index (Phi) is 7.95. The predicted octanol–water partition coefficient (Wildman–Crippen LogP) is 6.11. The molecule has 0 bridgehead atoms. The van der Waals surface area contributed by atoms with Crippen LogP contribution in [-0.4, -0.2) is 47.8 Å². The summed E-state index contributed by atoms with van der Waals surface area (Å²) in [4.78, 5) is 22.8. The number of hydrogen-bond donors (Lipinski definition) is 1. The molecular weight excluding hydrogens is 526 g/mol. The molecule has 2 aromatic heterocycles. The van der Waals surface area contributed by atoms with Gasteiger partial charge < -0.3 is 19.7 Å². The first-order valence-electron chi connectivity index (χ1n) is 14.3. The minimum absolute atomic E-state index is 0.1000. The van der Waals surface area contributed by atoms with Crippen molar-refractivity contribution in [2.75, 3.05) is 32.5 Å². The number of anilines is 2. The summed E-state index contributed by atoms with van der Waals surface area (Å²) in [6.45, 7) is -2.44. The number of ether oxygens (including phenoxy) is 2. The van der Waals surface area contributed by atoms with Gasteiger partial charge in [-0.15, -0.1) is 0 Å². The van der Waals surface area contributed by atoms with Crippen molar-refractivity contribution in [3.63, 3.8) is 0 Å². The summed E-state index contributed by atoms with van der Waals surface area (Å²) in [6, 6.07) is 15.9. The molecule has 8 nitrogen and oxygen atoms in total. The molecule has 4 aromatic rings. The molecule has 0 unspecified atom stereocenters. The Labute approximate surface area is 244 Å². The summed E-state index contributed by atoms with van der Waals surface area (Å²) in [6.07, 6.45) is 5.15. The van der Waals surface area contributed by atoms with Gasteiger partial charge in [0.05, 0.1) is 36.8 Å². The first-order valence-corrected chi connectivity index (χ1v) is 12.7. The molecule has 0 aliphatic carbocycles. The Balaban J connectivity index is 1.70. The maximum Gasteiger partial charge on any atom is 0.159 e. The SMILES string of the molecule is [2H]C([2H])(C)Oc1cc2ncc(C#N)c(Nc3ccc(OCc4ccccn4)c(Cl)c3)c2cc1CC(=O)/C=C/C([2H])([2H])N(C)C. The van der Waals surface area contributed by atoms with Crippen LogP contribution in [0.1, 0.15) is 29.2 Å². The quantitative estimate of drug-likeness (QED) is 0.208. The Hall–Kier alpha value is -4.45. The van der Waals surface area contributed by atoms with E-state index in [1.54, 1.807) is 44.6 Å². The third-order valence-electron chi connectivity index (χ3n) is 5.65. The number of nitriles is 1. The average molecular weight is 560 g/mol. The fraction of sp³-hybridized carbons (Fsp3) is 0.226. The average Bonchev–Trinajstić information content (AvgIpc) is 2.96. The van der Waals surface area contributed by atoms with Crippen LogP contribution in [0.5, 0.6) is 11.5 Å². The molecule has 0 atom stereocenters. The van der Waals surface area contributed by atoms with Crippen LogP contribution in [0.25, 0.3) is 10.9 Å². The molecule has 1 N–H and O–H groups in total. The van der Waals surface area contributed by atoms with Crippen molar-refractivity contribution >= 4 is 39.7 Å². The molecule has 0 aliphatic rings.